The fourth-order valence-electron chi connectivity index (χ4n) is 3.70. The highest BCUT2D eigenvalue weighted by atomic mass is 16.6. The fourth-order valence-corrected chi connectivity index (χ4v) is 3.70. The van der Waals surface area contributed by atoms with Crippen molar-refractivity contribution in [2.45, 2.75) is 88.9 Å². The molecule has 0 aliphatic heterocycles. The molecule has 2 aliphatic carbocycles. The first-order chi connectivity index (χ1) is 10.7. The monoisotopic (exact) mass is 325 g/mol. The van der Waals surface area contributed by atoms with Gasteiger partial charge in [-0.1, -0.05) is 19.3 Å². The number of carbonyl (C=O) groups excluding carboxylic acids is 1. The highest BCUT2D eigenvalue weighted by Gasteiger charge is 2.37. The van der Waals surface area contributed by atoms with Gasteiger partial charge in [-0.15, -0.1) is 0 Å². The van der Waals surface area contributed by atoms with Crippen LogP contribution < -0.4 is 10.6 Å². The summed E-state index contributed by atoms with van der Waals surface area (Å²) < 4.78 is 5.30. The van der Waals surface area contributed by atoms with E-state index in [1.165, 1.54) is 32.1 Å². The number of alkyl carbamates (subject to hydrolysis) is 1. The number of nitrogens with one attached hydrogen (secondary N) is 2. The Bertz CT molecular complexity index is 392. The summed E-state index contributed by atoms with van der Waals surface area (Å²) in [5, 5.41) is 6.69. The molecule has 5 heteroatoms. The second-order valence-corrected chi connectivity index (χ2v) is 8.57. The van der Waals surface area contributed by atoms with Crippen LogP contribution in [-0.4, -0.2) is 54.9 Å². The molecular formula is C18H35N3O2. The van der Waals surface area contributed by atoms with Crippen molar-refractivity contribution in [3.63, 3.8) is 0 Å². The van der Waals surface area contributed by atoms with Crippen LogP contribution in [0.3, 0.4) is 0 Å². The van der Waals surface area contributed by atoms with E-state index in [1.807, 2.05) is 20.8 Å². The van der Waals surface area contributed by atoms with Crippen LogP contribution >= 0.6 is 0 Å². The zero-order valence-corrected chi connectivity index (χ0v) is 15.6. The van der Waals surface area contributed by atoms with Gasteiger partial charge in [-0.2, -0.15) is 0 Å². The minimum Gasteiger partial charge on any atom is -0.444 e. The van der Waals surface area contributed by atoms with Crippen LogP contribution in [-0.2, 0) is 4.74 Å². The van der Waals surface area contributed by atoms with Crippen LogP contribution in [0.5, 0.6) is 0 Å². The summed E-state index contributed by atoms with van der Waals surface area (Å²) >= 11 is 0. The lowest BCUT2D eigenvalue weighted by Crippen LogP contribution is -2.59. The van der Waals surface area contributed by atoms with Gasteiger partial charge in [0.15, 0.2) is 0 Å². The molecule has 0 spiro atoms. The molecule has 0 bridgehead atoms. The number of rotatable bonds is 5. The van der Waals surface area contributed by atoms with E-state index < -0.39 is 5.60 Å². The first-order valence-electron chi connectivity index (χ1n) is 9.10. The average Bonchev–Trinajstić information content (AvgIpc) is 2.40. The topological polar surface area (TPSA) is 53.6 Å². The van der Waals surface area contributed by atoms with Crippen LogP contribution in [0.4, 0.5) is 4.79 Å². The lowest BCUT2D eigenvalue weighted by molar-refractivity contribution is 0.0452. The number of carbonyl (C=O) groups is 1. The van der Waals surface area contributed by atoms with Crippen molar-refractivity contribution in [1.29, 1.82) is 0 Å². The summed E-state index contributed by atoms with van der Waals surface area (Å²) in [6.45, 7) is 6.73. The Morgan fingerprint density at radius 3 is 2.26 bits per heavy atom. The van der Waals surface area contributed by atoms with E-state index in [2.05, 4.69) is 29.6 Å². The molecule has 0 aromatic carbocycles. The number of amides is 1. The van der Waals surface area contributed by atoms with Gasteiger partial charge in [0.2, 0.25) is 0 Å². The van der Waals surface area contributed by atoms with Crippen molar-refractivity contribution in [3.05, 3.63) is 0 Å². The lowest BCUT2D eigenvalue weighted by Gasteiger charge is -2.46. The van der Waals surface area contributed by atoms with Crippen molar-refractivity contribution in [2.24, 2.45) is 0 Å². The predicted octanol–water partition coefficient (Wildman–Crippen LogP) is 2.90. The first-order valence-corrected chi connectivity index (χ1v) is 9.10. The molecule has 5 nitrogen and oxygen atoms in total. The molecule has 2 aliphatic rings. The Morgan fingerprint density at radius 2 is 1.74 bits per heavy atom. The molecule has 2 rings (SSSR count). The SMILES string of the molecule is CN(C)C1(CNC2CC(NC(=O)OC(C)(C)C)C2)CCCCC1. The van der Waals surface area contributed by atoms with E-state index in [0.29, 0.717) is 11.6 Å². The largest absolute Gasteiger partial charge is 0.444 e. The highest BCUT2D eigenvalue weighted by Crippen LogP contribution is 2.32. The molecule has 23 heavy (non-hydrogen) atoms. The molecule has 0 radical (unpaired) electrons. The van der Waals surface area contributed by atoms with E-state index in [1.54, 1.807) is 0 Å². The first kappa shape index (κ1) is 18.5. The fraction of sp³-hybridized carbons (Fsp3) is 0.944. The third-order valence-corrected chi connectivity index (χ3v) is 5.31. The number of nitrogens with zero attached hydrogens (tertiary/aromatic N) is 1. The molecule has 2 fully saturated rings. The van der Waals surface area contributed by atoms with E-state index in [0.717, 1.165) is 19.4 Å². The molecule has 0 atom stereocenters. The van der Waals surface area contributed by atoms with Crippen LogP contribution in [0.1, 0.15) is 65.7 Å². The van der Waals surface area contributed by atoms with Crippen LogP contribution in [0.25, 0.3) is 0 Å². The maximum atomic E-state index is 11.8. The number of hydrogen-bond donors (Lipinski definition) is 2. The van der Waals surface area contributed by atoms with Crippen molar-refractivity contribution in [3.8, 4) is 0 Å². The van der Waals surface area contributed by atoms with Gasteiger partial charge in [0.05, 0.1) is 0 Å². The van der Waals surface area contributed by atoms with Gasteiger partial charge in [0, 0.05) is 24.2 Å². The Labute approximate surface area is 141 Å². The molecule has 0 aromatic heterocycles. The minimum atomic E-state index is -0.426. The third-order valence-electron chi connectivity index (χ3n) is 5.31. The maximum absolute atomic E-state index is 11.8. The van der Waals surface area contributed by atoms with Crippen molar-refractivity contribution >= 4 is 6.09 Å². The highest BCUT2D eigenvalue weighted by molar-refractivity contribution is 5.68. The van der Waals surface area contributed by atoms with Gasteiger partial charge in [-0.25, -0.2) is 4.79 Å². The Hall–Kier alpha value is -0.810. The molecule has 1 amide bonds. The summed E-state index contributed by atoms with van der Waals surface area (Å²) in [6.07, 6.45) is 8.35. The molecule has 2 N–H and O–H groups in total. The molecule has 0 heterocycles. The molecule has 2 saturated carbocycles. The van der Waals surface area contributed by atoms with Crippen molar-refractivity contribution in [2.75, 3.05) is 20.6 Å². The number of hydrogen-bond acceptors (Lipinski definition) is 4. The molecule has 0 unspecified atom stereocenters. The lowest BCUT2D eigenvalue weighted by atomic mass is 9.79. The van der Waals surface area contributed by atoms with E-state index in [4.69, 9.17) is 4.74 Å². The average molecular weight is 325 g/mol. The van der Waals surface area contributed by atoms with E-state index >= 15 is 0 Å². The van der Waals surface area contributed by atoms with Crippen LogP contribution in [0.15, 0.2) is 0 Å². The van der Waals surface area contributed by atoms with Gasteiger partial charge in [0.1, 0.15) is 5.60 Å². The van der Waals surface area contributed by atoms with Crippen molar-refractivity contribution in [1.82, 2.24) is 15.5 Å². The second-order valence-electron chi connectivity index (χ2n) is 8.57. The second kappa shape index (κ2) is 7.39. The van der Waals surface area contributed by atoms with Gasteiger partial charge >= 0.3 is 6.09 Å². The number of likely N-dealkylation sites (N-methyl/N-ethyl adjacent to an activating group) is 1. The Morgan fingerprint density at radius 1 is 1.13 bits per heavy atom. The smallest absolute Gasteiger partial charge is 0.407 e. The van der Waals surface area contributed by atoms with Gasteiger partial charge < -0.3 is 20.3 Å². The van der Waals surface area contributed by atoms with E-state index in [9.17, 15) is 4.79 Å². The molecule has 0 saturated heterocycles. The standard InChI is InChI=1S/C18H35N3O2/c1-17(2,3)23-16(22)20-15-11-14(12-15)19-13-18(21(4)5)9-7-6-8-10-18/h14-15,19H,6-13H2,1-5H3,(H,20,22). The van der Waals surface area contributed by atoms with Gasteiger partial charge in [0.25, 0.3) is 0 Å². The predicted molar refractivity (Wildman–Crippen MR) is 93.7 cm³/mol. The quantitative estimate of drug-likeness (QED) is 0.816. The molecular weight excluding hydrogens is 290 g/mol. The summed E-state index contributed by atoms with van der Waals surface area (Å²) in [5.74, 6) is 0. The van der Waals surface area contributed by atoms with Crippen LogP contribution in [0, 0.1) is 0 Å². The normalized spacial score (nSPS) is 27.4. The summed E-state index contributed by atoms with van der Waals surface area (Å²) in [4.78, 5) is 14.2. The van der Waals surface area contributed by atoms with E-state index in [-0.39, 0.29) is 12.1 Å². The molecule has 134 valence electrons. The minimum absolute atomic E-state index is 0.254. The van der Waals surface area contributed by atoms with Gasteiger partial charge in [-0.05, 0) is 60.5 Å². The van der Waals surface area contributed by atoms with Gasteiger partial charge in [-0.3, -0.25) is 0 Å². The van der Waals surface area contributed by atoms with Crippen molar-refractivity contribution < 1.29 is 9.53 Å². The molecule has 0 aromatic rings. The number of ether oxygens (including phenoxy) is 1. The Balaban J connectivity index is 1.68. The third kappa shape index (κ3) is 5.35. The van der Waals surface area contributed by atoms with Crippen LogP contribution in [0.2, 0.25) is 0 Å². The summed E-state index contributed by atoms with van der Waals surface area (Å²) in [7, 11) is 4.42. The maximum Gasteiger partial charge on any atom is 0.407 e. The zero-order chi connectivity index (χ0) is 17.1. The Kier molecular flexibility index (Phi) is 5.95. The summed E-state index contributed by atoms with van der Waals surface area (Å²) in [6, 6.07) is 0.776. The summed E-state index contributed by atoms with van der Waals surface area (Å²) in [5.41, 5.74) is -0.105. The zero-order valence-electron chi connectivity index (χ0n) is 15.6.